The zero-order valence-corrected chi connectivity index (χ0v) is 18.7. The summed E-state index contributed by atoms with van der Waals surface area (Å²) >= 11 is 11.9. The summed E-state index contributed by atoms with van der Waals surface area (Å²) in [6, 6.07) is 4.56. The van der Waals surface area contributed by atoms with Gasteiger partial charge in [-0.1, -0.05) is 23.2 Å². The van der Waals surface area contributed by atoms with Crippen molar-refractivity contribution in [3.05, 3.63) is 81.3 Å². The molecule has 7 nitrogen and oxygen atoms in total. The summed E-state index contributed by atoms with van der Waals surface area (Å²) in [5, 5.41) is -0.0622. The molecule has 1 aliphatic rings. The molecule has 34 heavy (non-hydrogen) atoms. The molecule has 0 unspecified atom stereocenters. The number of carbonyl (C=O) groups excluding carboxylic acids is 2. The van der Waals surface area contributed by atoms with Crippen LogP contribution in [-0.4, -0.2) is 25.2 Å². The van der Waals surface area contributed by atoms with Crippen molar-refractivity contribution in [3.63, 3.8) is 0 Å². The fourth-order valence-electron chi connectivity index (χ4n) is 3.26. The Morgan fingerprint density at radius 1 is 0.941 bits per heavy atom. The average molecular weight is 534 g/mol. The molecule has 1 aromatic heterocycles. The van der Waals surface area contributed by atoms with Gasteiger partial charge in [-0.2, -0.15) is 13.2 Å². The lowest BCUT2D eigenvalue weighted by Gasteiger charge is -2.14. The van der Waals surface area contributed by atoms with Gasteiger partial charge in [0.05, 0.1) is 49.2 Å². The smallest absolute Gasteiger partial charge is 0.279 e. The summed E-state index contributed by atoms with van der Waals surface area (Å²) in [4.78, 5) is 29.6. The Morgan fingerprint density at radius 2 is 1.62 bits per heavy atom. The maximum Gasteiger partial charge on any atom is 0.419 e. The van der Waals surface area contributed by atoms with Gasteiger partial charge in [0, 0.05) is 6.20 Å². The molecule has 0 fully saturated rings. The van der Waals surface area contributed by atoms with Crippen molar-refractivity contribution in [1.82, 2.24) is 4.98 Å². The van der Waals surface area contributed by atoms with E-state index in [-0.39, 0.29) is 27.4 Å². The maximum absolute atomic E-state index is 13.6. The van der Waals surface area contributed by atoms with Crippen LogP contribution in [0, 0.1) is 5.82 Å². The molecule has 4 rings (SSSR count). The Morgan fingerprint density at radius 3 is 2.26 bits per heavy atom. The monoisotopic (exact) mass is 533 g/mol. The molecule has 1 N–H and O–H groups in total. The zero-order chi connectivity index (χ0) is 25.0. The largest absolute Gasteiger partial charge is 0.419 e. The lowest BCUT2D eigenvalue weighted by molar-refractivity contribution is -0.140. The molecule has 3 aromatic rings. The van der Waals surface area contributed by atoms with Crippen LogP contribution in [0.25, 0.3) is 0 Å². The fraction of sp³-hybridized carbons (Fsp3) is 0.0500. The second kappa shape index (κ2) is 8.22. The minimum absolute atomic E-state index is 0.0167. The highest BCUT2D eigenvalue weighted by Gasteiger charge is 2.41. The molecular weight excluding hydrogens is 525 g/mol. The number of amides is 2. The van der Waals surface area contributed by atoms with E-state index < -0.39 is 55.5 Å². The van der Waals surface area contributed by atoms with E-state index in [9.17, 15) is 35.6 Å². The van der Waals surface area contributed by atoms with Gasteiger partial charge >= 0.3 is 6.18 Å². The number of aromatic nitrogens is 1. The zero-order valence-electron chi connectivity index (χ0n) is 16.3. The summed E-state index contributed by atoms with van der Waals surface area (Å²) in [5.41, 5.74) is -2.99. The van der Waals surface area contributed by atoms with E-state index >= 15 is 0 Å². The summed E-state index contributed by atoms with van der Waals surface area (Å²) in [5.74, 6) is -3.53. The molecular formula is C20H9Cl2F4N3O4S. The molecule has 0 radical (unpaired) electrons. The van der Waals surface area contributed by atoms with E-state index in [1.165, 1.54) is 18.5 Å². The predicted molar refractivity (Wildman–Crippen MR) is 114 cm³/mol. The van der Waals surface area contributed by atoms with Crippen LogP contribution >= 0.6 is 23.2 Å². The predicted octanol–water partition coefficient (Wildman–Crippen LogP) is 5.15. The topological polar surface area (TPSA) is 96.4 Å². The number of hydrogen-bond acceptors (Lipinski definition) is 5. The third-order valence-electron chi connectivity index (χ3n) is 4.73. The number of imide groups is 1. The van der Waals surface area contributed by atoms with Gasteiger partial charge in [0.2, 0.25) is 0 Å². The van der Waals surface area contributed by atoms with Gasteiger partial charge in [-0.05, 0) is 36.4 Å². The van der Waals surface area contributed by atoms with Crippen LogP contribution in [0.3, 0.4) is 0 Å². The number of fused-ring (bicyclic) bond motifs is 1. The van der Waals surface area contributed by atoms with Crippen LogP contribution in [0.2, 0.25) is 10.0 Å². The van der Waals surface area contributed by atoms with Crippen molar-refractivity contribution in [2.45, 2.75) is 11.1 Å². The first kappa shape index (κ1) is 23.9. The number of nitrogens with one attached hydrogen (secondary N) is 1. The van der Waals surface area contributed by atoms with E-state index in [2.05, 4.69) is 4.98 Å². The molecule has 0 saturated carbocycles. The van der Waals surface area contributed by atoms with E-state index in [1.807, 2.05) is 4.72 Å². The van der Waals surface area contributed by atoms with Gasteiger partial charge < -0.3 is 0 Å². The number of anilines is 2. The van der Waals surface area contributed by atoms with Crippen molar-refractivity contribution in [2.24, 2.45) is 0 Å². The first-order valence-electron chi connectivity index (χ1n) is 9.02. The Labute approximate surface area is 199 Å². The van der Waals surface area contributed by atoms with Crippen molar-refractivity contribution in [2.75, 3.05) is 9.62 Å². The molecule has 14 heteroatoms. The molecule has 0 bridgehead atoms. The Kier molecular flexibility index (Phi) is 5.78. The number of sulfonamides is 1. The third kappa shape index (κ3) is 4.08. The quantitative estimate of drug-likeness (QED) is 0.369. The normalized spacial score (nSPS) is 13.9. The number of hydrogen-bond donors (Lipinski definition) is 1. The van der Waals surface area contributed by atoms with Crippen LogP contribution in [-0.2, 0) is 16.2 Å². The van der Waals surface area contributed by atoms with Crippen LogP contribution in [0.15, 0.2) is 53.7 Å². The molecule has 0 aliphatic carbocycles. The van der Waals surface area contributed by atoms with E-state index in [1.54, 1.807) is 0 Å². The van der Waals surface area contributed by atoms with Crippen molar-refractivity contribution in [1.29, 1.82) is 0 Å². The summed E-state index contributed by atoms with van der Waals surface area (Å²) < 4.78 is 80.2. The number of benzene rings is 2. The molecule has 2 aromatic carbocycles. The second-order valence-corrected chi connectivity index (χ2v) is 9.42. The minimum Gasteiger partial charge on any atom is -0.279 e. The molecule has 1 aliphatic heterocycles. The van der Waals surface area contributed by atoms with Gasteiger partial charge in [0.25, 0.3) is 21.8 Å². The van der Waals surface area contributed by atoms with Crippen LogP contribution < -0.4 is 9.62 Å². The number of alkyl halides is 3. The molecule has 0 saturated heterocycles. The maximum atomic E-state index is 13.6. The number of nitrogens with zero attached hydrogens (tertiary/aromatic N) is 2. The van der Waals surface area contributed by atoms with E-state index in [0.29, 0.717) is 17.0 Å². The summed E-state index contributed by atoms with van der Waals surface area (Å²) in [6.07, 6.45) is -2.72. The van der Waals surface area contributed by atoms with Gasteiger partial charge in [-0.15, -0.1) is 0 Å². The molecule has 176 valence electrons. The van der Waals surface area contributed by atoms with Crippen LogP contribution in [0.4, 0.5) is 28.9 Å². The number of carbonyl (C=O) groups is 2. The molecule has 0 spiro atoms. The third-order valence-corrected chi connectivity index (χ3v) is 6.62. The van der Waals surface area contributed by atoms with Gasteiger partial charge in [0.15, 0.2) is 0 Å². The van der Waals surface area contributed by atoms with Gasteiger partial charge in [-0.3, -0.25) is 19.3 Å². The Balaban J connectivity index is 1.79. The molecule has 0 atom stereocenters. The first-order chi connectivity index (χ1) is 15.8. The van der Waals surface area contributed by atoms with Crippen LogP contribution in [0.1, 0.15) is 26.3 Å². The van der Waals surface area contributed by atoms with Crippen molar-refractivity contribution in [3.8, 4) is 0 Å². The van der Waals surface area contributed by atoms with Crippen molar-refractivity contribution >= 4 is 56.4 Å². The SMILES string of the molecule is O=C1c2c(Cl)ccc(NS(=O)(=O)c3ccc(F)c(C(F)(F)F)c3)c2C(=O)N1c1cncc(Cl)c1. The number of rotatable bonds is 4. The number of pyridine rings is 1. The fourth-order valence-corrected chi connectivity index (χ4v) is 4.76. The van der Waals surface area contributed by atoms with Crippen molar-refractivity contribution < 1.29 is 35.6 Å². The Hall–Kier alpha value is -3.22. The lowest BCUT2D eigenvalue weighted by Crippen LogP contribution is -2.29. The minimum atomic E-state index is -5.15. The highest BCUT2D eigenvalue weighted by atomic mass is 35.5. The molecule has 2 amide bonds. The highest BCUT2D eigenvalue weighted by Crippen LogP contribution is 2.38. The van der Waals surface area contributed by atoms with Gasteiger partial charge in [-0.25, -0.2) is 17.7 Å². The lowest BCUT2D eigenvalue weighted by atomic mass is 10.1. The Bertz CT molecular complexity index is 1480. The highest BCUT2D eigenvalue weighted by molar-refractivity contribution is 7.92. The average Bonchev–Trinajstić information content (AvgIpc) is 3.00. The summed E-state index contributed by atoms with van der Waals surface area (Å²) in [7, 11) is -4.75. The molecule has 2 heterocycles. The second-order valence-electron chi connectivity index (χ2n) is 6.90. The summed E-state index contributed by atoms with van der Waals surface area (Å²) in [6.45, 7) is 0. The standard InChI is InChI=1S/C20H9Cl2F4N3O4S/c21-9-5-10(8-27-7-9)29-18(30)16-13(22)2-4-15(17(16)19(29)31)28-34(32,33)11-1-3-14(23)12(6-11)20(24,25)26/h1-8,28H. The van der Waals surface area contributed by atoms with Gasteiger partial charge in [0.1, 0.15) is 5.82 Å². The van der Waals surface area contributed by atoms with E-state index in [4.69, 9.17) is 23.2 Å². The van der Waals surface area contributed by atoms with E-state index in [0.717, 1.165) is 12.1 Å². The first-order valence-corrected chi connectivity index (χ1v) is 11.3. The number of halogens is 6. The van der Waals surface area contributed by atoms with Crippen LogP contribution in [0.5, 0.6) is 0 Å².